The lowest BCUT2D eigenvalue weighted by molar-refractivity contribution is -0.0419. The van der Waals surface area contributed by atoms with Crippen LogP contribution in [0.2, 0.25) is 0 Å². The van der Waals surface area contributed by atoms with Gasteiger partial charge in [-0.2, -0.15) is 0 Å². The van der Waals surface area contributed by atoms with Crippen LogP contribution in [0.25, 0.3) is 0 Å². The molecule has 1 fully saturated rings. The molecule has 1 saturated heterocycles. The average molecular weight is 449 g/mol. The first-order chi connectivity index (χ1) is 15.1. The van der Waals surface area contributed by atoms with Crippen LogP contribution in [0.15, 0.2) is 23.8 Å². The molecule has 1 aromatic carbocycles. The number of esters is 1. The fourth-order valence-corrected chi connectivity index (χ4v) is 4.80. The van der Waals surface area contributed by atoms with Gasteiger partial charge in [0.1, 0.15) is 12.2 Å². The number of ether oxygens (including phenoxy) is 5. The number of carbonyl (C=O) groups is 1. The van der Waals surface area contributed by atoms with E-state index < -0.39 is 18.2 Å². The molecule has 1 aromatic rings. The Labute approximate surface area is 190 Å². The highest BCUT2D eigenvalue weighted by Crippen LogP contribution is 2.47. The van der Waals surface area contributed by atoms with E-state index in [1.54, 1.807) is 12.1 Å². The van der Waals surface area contributed by atoms with Crippen LogP contribution in [0.1, 0.15) is 57.3 Å². The van der Waals surface area contributed by atoms with Gasteiger partial charge >= 0.3 is 5.97 Å². The Balaban J connectivity index is 1.93. The van der Waals surface area contributed by atoms with Gasteiger partial charge in [-0.3, -0.25) is 0 Å². The normalized spacial score (nSPS) is 31.7. The number of rotatable bonds is 6. The minimum Gasteiger partial charge on any atom is -0.493 e. The van der Waals surface area contributed by atoms with E-state index in [2.05, 4.69) is 6.08 Å². The summed E-state index contributed by atoms with van der Waals surface area (Å²) in [6, 6.07) is 3.16. The lowest BCUT2D eigenvalue weighted by Gasteiger charge is -2.34. The van der Waals surface area contributed by atoms with Crippen molar-refractivity contribution in [1.29, 1.82) is 0 Å². The predicted molar refractivity (Wildman–Crippen MR) is 121 cm³/mol. The fourth-order valence-electron chi connectivity index (χ4n) is 4.80. The third kappa shape index (κ3) is 4.89. The number of benzene rings is 1. The van der Waals surface area contributed by atoms with Crippen LogP contribution in [0, 0.1) is 11.8 Å². The van der Waals surface area contributed by atoms with Gasteiger partial charge in [-0.05, 0) is 44.7 Å². The summed E-state index contributed by atoms with van der Waals surface area (Å²) in [6.07, 6.45) is 3.00. The Morgan fingerprint density at radius 2 is 1.78 bits per heavy atom. The molecule has 0 spiro atoms. The van der Waals surface area contributed by atoms with Crippen molar-refractivity contribution in [3.8, 4) is 17.2 Å². The fraction of sp³-hybridized carbons (Fsp3) is 0.640. The topological polar surface area (TPSA) is 86.8 Å². The van der Waals surface area contributed by atoms with E-state index in [9.17, 15) is 9.90 Å². The Kier molecular flexibility index (Phi) is 7.40. The molecule has 0 aromatic heterocycles. The molecule has 1 aliphatic heterocycles. The molecule has 3 rings (SSSR count). The highest BCUT2D eigenvalue weighted by Gasteiger charge is 2.58. The van der Waals surface area contributed by atoms with Crippen molar-refractivity contribution < 1.29 is 33.6 Å². The summed E-state index contributed by atoms with van der Waals surface area (Å²) in [5.41, 5.74) is 1.10. The van der Waals surface area contributed by atoms with Crippen LogP contribution in [0.3, 0.4) is 0 Å². The van der Waals surface area contributed by atoms with Gasteiger partial charge in [-0.1, -0.05) is 25.5 Å². The van der Waals surface area contributed by atoms with Crippen molar-refractivity contribution in [2.24, 2.45) is 11.8 Å². The zero-order valence-electron chi connectivity index (χ0n) is 20.1. The van der Waals surface area contributed by atoms with Gasteiger partial charge in [-0.15, -0.1) is 0 Å². The molecule has 0 unspecified atom stereocenters. The van der Waals surface area contributed by atoms with Gasteiger partial charge in [-0.25, -0.2) is 4.79 Å². The van der Waals surface area contributed by atoms with Crippen molar-refractivity contribution >= 4 is 5.97 Å². The quantitative estimate of drug-likeness (QED) is 0.397. The molecule has 2 aliphatic rings. The van der Waals surface area contributed by atoms with Crippen LogP contribution in [0.5, 0.6) is 17.2 Å². The molecule has 1 N–H and O–H groups in total. The molecule has 32 heavy (non-hydrogen) atoms. The zero-order chi connectivity index (χ0) is 23.6. The van der Waals surface area contributed by atoms with E-state index >= 15 is 0 Å². The first-order valence-corrected chi connectivity index (χ1v) is 11.2. The second kappa shape index (κ2) is 9.71. The second-order valence-electron chi connectivity index (χ2n) is 9.31. The average Bonchev–Trinajstić information content (AvgIpc) is 3.43. The van der Waals surface area contributed by atoms with Crippen LogP contribution < -0.4 is 14.2 Å². The molecule has 0 bridgehead atoms. The van der Waals surface area contributed by atoms with Gasteiger partial charge in [0.15, 0.2) is 11.5 Å². The number of methoxy groups -OCH3 is 3. The minimum atomic E-state index is -0.719. The van der Waals surface area contributed by atoms with Crippen LogP contribution in [0.4, 0.5) is 0 Å². The van der Waals surface area contributed by atoms with Gasteiger partial charge in [0, 0.05) is 12.3 Å². The van der Waals surface area contributed by atoms with Gasteiger partial charge in [0.2, 0.25) is 5.75 Å². The maximum atomic E-state index is 13.2. The minimum absolute atomic E-state index is 0.0865. The third-order valence-corrected chi connectivity index (χ3v) is 6.66. The zero-order valence-corrected chi connectivity index (χ0v) is 20.1. The van der Waals surface area contributed by atoms with Crippen LogP contribution in [-0.4, -0.2) is 56.3 Å². The smallest absolute Gasteiger partial charge is 0.338 e. The van der Waals surface area contributed by atoms with Crippen LogP contribution >= 0.6 is 0 Å². The molecule has 0 amide bonds. The maximum absolute atomic E-state index is 13.2. The molecule has 0 saturated carbocycles. The highest BCUT2D eigenvalue weighted by molar-refractivity contribution is 5.91. The van der Waals surface area contributed by atoms with E-state index in [1.807, 2.05) is 27.7 Å². The van der Waals surface area contributed by atoms with E-state index in [4.69, 9.17) is 23.7 Å². The van der Waals surface area contributed by atoms with Crippen molar-refractivity contribution in [1.82, 2.24) is 0 Å². The van der Waals surface area contributed by atoms with Gasteiger partial charge in [0.05, 0.1) is 38.6 Å². The molecule has 1 heterocycles. The number of aliphatic hydroxyl groups excluding tert-OH is 1. The molecule has 1 aliphatic carbocycles. The summed E-state index contributed by atoms with van der Waals surface area (Å²) in [4.78, 5) is 13.2. The molecular weight excluding hydrogens is 412 g/mol. The lowest BCUT2D eigenvalue weighted by atomic mass is 9.78. The predicted octanol–water partition coefficient (Wildman–Crippen LogP) is 4.16. The number of carbonyl (C=O) groups excluding carboxylic acids is 1. The number of hydrogen-bond acceptors (Lipinski definition) is 7. The number of epoxide rings is 1. The molecule has 0 radical (unpaired) electrons. The highest BCUT2D eigenvalue weighted by atomic mass is 16.6. The Bertz CT molecular complexity index is 837. The molecular formula is C25H36O7. The SMILES string of the molecule is COc1cc(C(=O)O[C@H]2C/C(C)=C\CC[C@@]3(C)O[C@H]3[C@@H](O)[C@@H]2C(C)C)cc(OC)c1OC. The molecule has 7 heteroatoms. The van der Waals surface area contributed by atoms with E-state index in [0.717, 1.165) is 18.4 Å². The number of hydrogen-bond donors (Lipinski definition) is 1. The summed E-state index contributed by atoms with van der Waals surface area (Å²) in [5, 5.41) is 11.2. The maximum Gasteiger partial charge on any atom is 0.338 e. The molecule has 7 nitrogen and oxygen atoms in total. The summed E-state index contributed by atoms with van der Waals surface area (Å²) in [5.74, 6) is 0.477. The van der Waals surface area contributed by atoms with Crippen molar-refractivity contribution in [3.63, 3.8) is 0 Å². The van der Waals surface area contributed by atoms with Crippen molar-refractivity contribution in [2.75, 3.05) is 21.3 Å². The summed E-state index contributed by atoms with van der Waals surface area (Å²) in [7, 11) is 4.51. The van der Waals surface area contributed by atoms with Gasteiger partial charge < -0.3 is 28.8 Å². The van der Waals surface area contributed by atoms with Crippen LogP contribution in [-0.2, 0) is 9.47 Å². The molecule has 178 valence electrons. The number of fused-ring (bicyclic) bond motifs is 1. The van der Waals surface area contributed by atoms with E-state index in [-0.39, 0.29) is 23.5 Å². The van der Waals surface area contributed by atoms with Crippen molar-refractivity contribution in [2.45, 2.75) is 70.9 Å². The second-order valence-corrected chi connectivity index (χ2v) is 9.31. The Morgan fingerprint density at radius 1 is 1.16 bits per heavy atom. The third-order valence-electron chi connectivity index (χ3n) is 6.66. The first-order valence-electron chi connectivity index (χ1n) is 11.2. The van der Waals surface area contributed by atoms with E-state index in [0.29, 0.717) is 29.2 Å². The monoisotopic (exact) mass is 448 g/mol. The first kappa shape index (κ1) is 24.4. The van der Waals surface area contributed by atoms with E-state index in [1.165, 1.54) is 21.3 Å². The standard InChI is InChI=1S/C25H36O7/c1-14(2)20-17(11-15(3)9-8-10-25(4)23(32-25)21(20)26)31-24(27)16-12-18(28-5)22(30-7)19(13-16)29-6/h9,12-14,17,20-21,23,26H,8,10-11H2,1-7H3/b15-9-/t17-,20+,21-,23-,25+/m0/s1. The Morgan fingerprint density at radius 3 is 2.31 bits per heavy atom. The van der Waals surface area contributed by atoms with Gasteiger partial charge in [0.25, 0.3) is 0 Å². The summed E-state index contributed by atoms with van der Waals surface area (Å²) < 4.78 is 28.1. The largest absolute Gasteiger partial charge is 0.493 e. The lowest BCUT2D eigenvalue weighted by Crippen LogP contribution is -2.43. The number of allylic oxidation sites excluding steroid dienone is 1. The number of aliphatic hydroxyl groups is 1. The van der Waals surface area contributed by atoms with Crippen molar-refractivity contribution in [3.05, 3.63) is 29.3 Å². The summed E-state index contributed by atoms with van der Waals surface area (Å²) >= 11 is 0. The Hall–Kier alpha value is -2.25. The molecule has 5 atom stereocenters. The summed E-state index contributed by atoms with van der Waals surface area (Å²) in [6.45, 7) is 8.16.